The van der Waals surface area contributed by atoms with Crippen LogP contribution in [0.3, 0.4) is 0 Å². The van der Waals surface area contributed by atoms with Gasteiger partial charge in [-0.05, 0) is 42.0 Å². The van der Waals surface area contributed by atoms with E-state index in [1.165, 1.54) is 37.1 Å². The zero-order valence-electron chi connectivity index (χ0n) is 15.1. The van der Waals surface area contributed by atoms with Crippen molar-refractivity contribution < 1.29 is 22.4 Å². The van der Waals surface area contributed by atoms with Crippen LogP contribution < -0.4 is 17.3 Å². The van der Waals surface area contributed by atoms with Gasteiger partial charge in [-0.2, -0.15) is 0 Å². The molecule has 134 valence electrons. The molecule has 1 atom stereocenters. The van der Waals surface area contributed by atoms with E-state index in [9.17, 15) is 5.11 Å². The average Bonchev–Trinajstić information content (AvgIpc) is 2.63. The maximum Gasteiger partial charge on any atom is 0.124 e. The van der Waals surface area contributed by atoms with E-state index in [0.29, 0.717) is 11.8 Å². The Kier molecular flexibility index (Phi) is 5.24. The van der Waals surface area contributed by atoms with Crippen molar-refractivity contribution in [3.05, 3.63) is 70.8 Å². The van der Waals surface area contributed by atoms with Gasteiger partial charge in [0.1, 0.15) is 5.60 Å². The predicted molar refractivity (Wildman–Crippen MR) is 97.1 cm³/mol. The molecule has 3 heterocycles. The summed E-state index contributed by atoms with van der Waals surface area (Å²) in [6, 6.07) is 16.8. The predicted octanol–water partition coefficient (Wildman–Crippen LogP) is -0.532. The van der Waals surface area contributed by atoms with Crippen LogP contribution in [0.25, 0.3) is 0 Å². The number of hydrogen-bond acceptors (Lipinski definition) is 1. The fourth-order valence-electron chi connectivity index (χ4n) is 5.17. The van der Waals surface area contributed by atoms with Crippen molar-refractivity contribution in [1.29, 1.82) is 0 Å². The van der Waals surface area contributed by atoms with Crippen LogP contribution >= 0.6 is 0 Å². The van der Waals surface area contributed by atoms with E-state index in [-0.39, 0.29) is 12.4 Å². The van der Waals surface area contributed by atoms with Crippen molar-refractivity contribution in [2.75, 3.05) is 19.6 Å². The minimum Gasteiger partial charge on any atom is -1.00 e. The second kappa shape index (κ2) is 7.11. The molecule has 3 aliphatic heterocycles. The number of aliphatic hydroxyl groups is 1. The zero-order valence-corrected chi connectivity index (χ0v) is 15.9. The summed E-state index contributed by atoms with van der Waals surface area (Å²) in [6.07, 6.45) is 2.50. The van der Waals surface area contributed by atoms with Crippen LogP contribution in [0.2, 0.25) is 0 Å². The largest absolute Gasteiger partial charge is 1.00 e. The van der Waals surface area contributed by atoms with Gasteiger partial charge in [-0.1, -0.05) is 48.5 Å². The molecule has 0 amide bonds. The van der Waals surface area contributed by atoms with E-state index >= 15 is 0 Å². The van der Waals surface area contributed by atoms with E-state index in [1.807, 2.05) is 0 Å². The first-order valence-corrected chi connectivity index (χ1v) is 9.29. The molecule has 25 heavy (non-hydrogen) atoms. The number of quaternary nitrogens is 1. The first-order valence-electron chi connectivity index (χ1n) is 9.29. The zero-order chi connectivity index (χ0) is 16.7. The van der Waals surface area contributed by atoms with Gasteiger partial charge in [0.05, 0.1) is 19.6 Å². The van der Waals surface area contributed by atoms with Gasteiger partial charge in [-0.15, -0.1) is 0 Å². The van der Waals surface area contributed by atoms with Gasteiger partial charge in [0.2, 0.25) is 0 Å². The number of nitrogens with one attached hydrogen (secondary N) is 1. The maximum atomic E-state index is 12.2. The lowest BCUT2D eigenvalue weighted by molar-refractivity contribution is -0.922. The molecule has 0 aliphatic carbocycles. The third kappa shape index (κ3) is 3.01. The Morgan fingerprint density at radius 3 is 1.76 bits per heavy atom. The van der Waals surface area contributed by atoms with E-state index in [4.69, 9.17) is 0 Å². The fraction of sp³-hybridized carbons (Fsp3) is 0.455. The topological polar surface area (TPSA) is 24.7 Å². The summed E-state index contributed by atoms with van der Waals surface area (Å²) in [5.41, 5.74) is 3.69. The second-order valence-corrected chi connectivity index (χ2v) is 7.79. The summed E-state index contributed by atoms with van der Waals surface area (Å²) < 4.78 is 0. The second-order valence-electron chi connectivity index (χ2n) is 7.79. The van der Waals surface area contributed by atoms with Gasteiger partial charge in [0, 0.05) is 18.8 Å². The molecular weight excluding hydrogens is 330 g/mol. The van der Waals surface area contributed by atoms with Gasteiger partial charge in [0.25, 0.3) is 0 Å². The lowest BCUT2D eigenvalue weighted by Gasteiger charge is -2.49. The van der Waals surface area contributed by atoms with Crippen molar-refractivity contribution >= 4 is 0 Å². The number of fused-ring (bicyclic) bond motifs is 3. The van der Waals surface area contributed by atoms with Gasteiger partial charge in [0.15, 0.2) is 0 Å². The minimum absolute atomic E-state index is 0. The third-order valence-corrected chi connectivity index (χ3v) is 6.46. The van der Waals surface area contributed by atoms with E-state index < -0.39 is 5.60 Å². The number of benzene rings is 2. The molecule has 2 aromatic carbocycles. The number of aryl methyl sites for hydroxylation is 2. The number of rotatable bonds is 3. The number of piperidine rings is 3. The summed E-state index contributed by atoms with van der Waals surface area (Å²) >= 11 is 0. The molecule has 1 unspecified atom stereocenters. The molecule has 2 bridgehead atoms. The smallest absolute Gasteiger partial charge is 0.124 e. The monoisotopic (exact) mass is 357 g/mol. The SMILES string of the molecule is Cc1ccccc1C(O)(c1ccccc1C)C1C[NH+]2CCC1CC2.[Cl-]. The molecule has 3 heteroatoms. The van der Waals surface area contributed by atoms with Crippen molar-refractivity contribution in [3.63, 3.8) is 0 Å². The molecule has 3 aliphatic rings. The molecule has 2 nitrogen and oxygen atoms in total. The molecule has 3 saturated heterocycles. The first-order chi connectivity index (χ1) is 11.6. The Balaban J connectivity index is 0.00000182. The molecule has 3 fully saturated rings. The third-order valence-electron chi connectivity index (χ3n) is 6.46. The Bertz CT molecular complexity index is 691. The van der Waals surface area contributed by atoms with E-state index in [0.717, 1.165) is 17.7 Å². The lowest BCUT2D eigenvalue weighted by Crippen LogP contribution is -3.16. The molecule has 5 rings (SSSR count). The molecule has 2 N–H and O–H groups in total. The highest BCUT2D eigenvalue weighted by Crippen LogP contribution is 2.45. The molecule has 0 aromatic heterocycles. The van der Waals surface area contributed by atoms with Gasteiger partial charge in [-0.25, -0.2) is 0 Å². The van der Waals surface area contributed by atoms with Crippen LogP contribution in [0.15, 0.2) is 48.5 Å². The molecule has 0 spiro atoms. The van der Waals surface area contributed by atoms with E-state index in [2.05, 4.69) is 62.4 Å². The fourth-order valence-corrected chi connectivity index (χ4v) is 5.17. The van der Waals surface area contributed by atoms with Crippen LogP contribution in [0.5, 0.6) is 0 Å². The van der Waals surface area contributed by atoms with E-state index in [1.54, 1.807) is 4.90 Å². The number of halogens is 1. The Labute approximate surface area is 157 Å². The van der Waals surface area contributed by atoms with Crippen molar-refractivity contribution in [2.45, 2.75) is 32.3 Å². The highest BCUT2D eigenvalue weighted by molar-refractivity contribution is 5.44. The summed E-state index contributed by atoms with van der Waals surface area (Å²) in [4.78, 5) is 1.67. The molecule has 0 radical (unpaired) electrons. The van der Waals surface area contributed by atoms with Gasteiger partial charge >= 0.3 is 0 Å². The summed E-state index contributed by atoms with van der Waals surface area (Å²) in [5, 5.41) is 12.2. The summed E-state index contributed by atoms with van der Waals surface area (Å²) in [7, 11) is 0. The minimum atomic E-state index is -0.882. The summed E-state index contributed by atoms with van der Waals surface area (Å²) in [6.45, 7) is 7.90. The van der Waals surface area contributed by atoms with Crippen LogP contribution in [0.4, 0.5) is 0 Å². The quantitative estimate of drug-likeness (QED) is 0.758. The van der Waals surface area contributed by atoms with Crippen molar-refractivity contribution in [1.82, 2.24) is 0 Å². The van der Waals surface area contributed by atoms with Crippen LogP contribution in [-0.2, 0) is 5.60 Å². The highest BCUT2D eigenvalue weighted by Gasteiger charge is 2.51. The lowest BCUT2D eigenvalue weighted by atomic mass is 9.64. The standard InChI is InChI=1S/C22H27NO.ClH/c1-16-7-3-5-9-19(16)22(24,20-10-6-4-8-17(20)2)21-15-23-13-11-18(21)12-14-23;/h3-10,18,21,24H,11-15H2,1-2H3;1H. The highest BCUT2D eigenvalue weighted by atomic mass is 35.5. The average molecular weight is 358 g/mol. The van der Waals surface area contributed by atoms with Crippen molar-refractivity contribution in [2.24, 2.45) is 11.8 Å². The maximum absolute atomic E-state index is 12.2. The normalized spacial score (nSPS) is 25.5. The van der Waals surface area contributed by atoms with Crippen LogP contribution in [0.1, 0.15) is 35.1 Å². The van der Waals surface area contributed by atoms with Gasteiger partial charge in [-0.3, -0.25) is 0 Å². The Hall–Kier alpha value is -1.35. The van der Waals surface area contributed by atoms with Crippen molar-refractivity contribution in [3.8, 4) is 0 Å². The first kappa shape index (κ1) is 18.4. The number of hydrogen-bond donors (Lipinski definition) is 2. The summed E-state index contributed by atoms with van der Waals surface area (Å²) in [5.74, 6) is 0.934. The Morgan fingerprint density at radius 1 is 0.880 bits per heavy atom. The molecular formula is C22H28ClNO. The van der Waals surface area contributed by atoms with Crippen LogP contribution in [-0.4, -0.2) is 24.7 Å². The van der Waals surface area contributed by atoms with Crippen LogP contribution in [0, 0.1) is 25.7 Å². The Morgan fingerprint density at radius 2 is 1.36 bits per heavy atom. The molecule has 2 aromatic rings. The molecule has 0 saturated carbocycles. The van der Waals surface area contributed by atoms with Gasteiger partial charge < -0.3 is 22.4 Å².